The first-order valence-electron chi connectivity index (χ1n) is 9.49. The van der Waals surface area contributed by atoms with Crippen molar-refractivity contribution in [3.8, 4) is 16.2 Å². The maximum absolute atomic E-state index is 12.7. The molecule has 0 fully saturated rings. The monoisotopic (exact) mass is 384 g/mol. The van der Waals surface area contributed by atoms with Gasteiger partial charge in [0.15, 0.2) is 0 Å². The fourth-order valence-corrected chi connectivity index (χ4v) is 3.56. The summed E-state index contributed by atoms with van der Waals surface area (Å²) in [4.78, 5) is 2.58. The van der Waals surface area contributed by atoms with Gasteiger partial charge in [-0.2, -0.15) is 0 Å². The molecule has 1 heterocycles. The van der Waals surface area contributed by atoms with Crippen molar-refractivity contribution in [3.05, 3.63) is 76.9 Å². The lowest BCUT2D eigenvalue weighted by atomic mass is 10.0. The minimum absolute atomic E-state index is 0.181. The van der Waals surface area contributed by atoms with Gasteiger partial charge in [-0.05, 0) is 66.3 Å². The first-order valence-corrected chi connectivity index (χ1v) is 10.3. The van der Waals surface area contributed by atoms with Gasteiger partial charge in [0.2, 0.25) is 0 Å². The smallest absolute Gasteiger partial charge is 0.123 e. The minimum Gasteiger partial charge on any atom is -0.494 e. The summed E-state index contributed by atoms with van der Waals surface area (Å²) >= 11 is 1.78. The van der Waals surface area contributed by atoms with Gasteiger partial charge >= 0.3 is 0 Å². The van der Waals surface area contributed by atoms with E-state index in [-0.39, 0.29) is 5.82 Å². The van der Waals surface area contributed by atoms with Crippen LogP contribution in [0, 0.1) is 5.82 Å². The predicted molar refractivity (Wildman–Crippen MR) is 116 cm³/mol. The first kappa shape index (κ1) is 21.2. The van der Waals surface area contributed by atoms with Gasteiger partial charge in [-0.3, -0.25) is 0 Å². The van der Waals surface area contributed by atoms with Crippen LogP contribution in [0.4, 0.5) is 4.39 Å². The molecule has 144 valence electrons. The second-order valence-corrected chi connectivity index (χ2v) is 8.14. The van der Waals surface area contributed by atoms with E-state index in [1.165, 1.54) is 27.5 Å². The highest BCUT2D eigenvalue weighted by molar-refractivity contribution is 7.15. The molecule has 1 nitrogen and oxygen atoms in total. The second kappa shape index (κ2) is 10.3. The summed E-state index contributed by atoms with van der Waals surface area (Å²) in [6.45, 7) is 11.5. The maximum atomic E-state index is 12.7. The van der Waals surface area contributed by atoms with Crippen LogP contribution in [-0.4, -0.2) is 6.61 Å². The van der Waals surface area contributed by atoms with E-state index in [4.69, 9.17) is 4.74 Å². The van der Waals surface area contributed by atoms with E-state index in [0.717, 1.165) is 17.9 Å². The van der Waals surface area contributed by atoms with Gasteiger partial charge in [0.05, 0.1) is 6.61 Å². The molecule has 0 bridgehead atoms. The Labute approximate surface area is 166 Å². The summed E-state index contributed by atoms with van der Waals surface area (Å²) in [5, 5.41) is 0. The zero-order valence-corrected chi connectivity index (χ0v) is 17.6. The number of hydrogen-bond acceptors (Lipinski definition) is 2. The molecule has 2 aromatic carbocycles. The molecule has 0 radical (unpaired) electrons. The molecule has 0 spiro atoms. The molecule has 0 atom stereocenters. The number of benzene rings is 2. The van der Waals surface area contributed by atoms with E-state index in [9.17, 15) is 4.39 Å². The standard InChI is InChI=1S/C13H13FS.C11H16O/c1-9(2)12-7-8-13(15-12)10-3-5-11(14)6-4-10;1-4-12-11-7-5-10(6-8-11)9(2)3/h3-9H,1-2H3;5-9H,4H2,1-3H3. The van der Waals surface area contributed by atoms with E-state index < -0.39 is 0 Å². The topological polar surface area (TPSA) is 9.23 Å². The van der Waals surface area contributed by atoms with Gasteiger partial charge < -0.3 is 4.74 Å². The number of rotatable bonds is 5. The third kappa shape index (κ3) is 6.51. The van der Waals surface area contributed by atoms with E-state index in [0.29, 0.717) is 11.8 Å². The molecule has 0 amide bonds. The minimum atomic E-state index is -0.181. The number of halogens is 1. The molecule has 0 N–H and O–H groups in total. The van der Waals surface area contributed by atoms with Gasteiger partial charge in [-0.25, -0.2) is 4.39 Å². The van der Waals surface area contributed by atoms with Crippen LogP contribution in [0.2, 0.25) is 0 Å². The normalized spacial score (nSPS) is 10.7. The molecule has 0 aliphatic heterocycles. The zero-order chi connectivity index (χ0) is 19.8. The lowest BCUT2D eigenvalue weighted by Crippen LogP contribution is -1.92. The molecule has 1 aromatic heterocycles. The third-order valence-electron chi connectivity index (χ3n) is 4.18. The second-order valence-electron chi connectivity index (χ2n) is 7.02. The summed E-state index contributed by atoms with van der Waals surface area (Å²) in [6, 6.07) is 19.2. The molecule has 3 rings (SSSR count). The van der Waals surface area contributed by atoms with Gasteiger partial charge in [0.25, 0.3) is 0 Å². The molecule has 0 saturated heterocycles. The van der Waals surface area contributed by atoms with Crippen molar-refractivity contribution in [2.75, 3.05) is 6.61 Å². The Hall–Kier alpha value is -2.13. The highest BCUT2D eigenvalue weighted by Crippen LogP contribution is 2.31. The van der Waals surface area contributed by atoms with Crippen LogP contribution in [-0.2, 0) is 0 Å². The van der Waals surface area contributed by atoms with Crippen LogP contribution in [0.15, 0.2) is 60.7 Å². The quantitative estimate of drug-likeness (QED) is 0.434. The molecule has 0 saturated carbocycles. The number of thiophene rings is 1. The predicted octanol–water partition coefficient (Wildman–Crippen LogP) is 7.89. The Balaban J connectivity index is 0.000000199. The molecule has 3 aromatic rings. The van der Waals surface area contributed by atoms with Gasteiger partial charge in [-0.1, -0.05) is 52.0 Å². The van der Waals surface area contributed by atoms with Gasteiger partial charge in [0.1, 0.15) is 11.6 Å². The highest BCUT2D eigenvalue weighted by Gasteiger charge is 2.05. The largest absolute Gasteiger partial charge is 0.494 e. The molecular formula is C24H29FOS. The summed E-state index contributed by atoms with van der Waals surface area (Å²) in [6.07, 6.45) is 0. The molecule has 0 aliphatic rings. The molecular weight excluding hydrogens is 355 g/mol. The fourth-order valence-electron chi connectivity index (χ4n) is 2.55. The van der Waals surface area contributed by atoms with Crippen LogP contribution in [0.1, 0.15) is 56.9 Å². The van der Waals surface area contributed by atoms with Gasteiger partial charge in [-0.15, -0.1) is 11.3 Å². The Morgan fingerprint density at radius 2 is 1.44 bits per heavy atom. The van der Waals surface area contributed by atoms with Crippen molar-refractivity contribution in [2.45, 2.75) is 46.5 Å². The summed E-state index contributed by atoms with van der Waals surface area (Å²) in [5.41, 5.74) is 2.45. The number of ether oxygens (including phenoxy) is 1. The number of hydrogen-bond donors (Lipinski definition) is 0. The van der Waals surface area contributed by atoms with Crippen molar-refractivity contribution in [1.82, 2.24) is 0 Å². The van der Waals surface area contributed by atoms with Crippen molar-refractivity contribution in [3.63, 3.8) is 0 Å². The Bertz CT molecular complexity index is 801. The average Bonchev–Trinajstić information content (AvgIpc) is 3.14. The van der Waals surface area contributed by atoms with Crippen LogP contribution in [0.3, 0.4) is 0 Å². The zero-order valence-electron chi connectivity index (χ0n) is 16.8. The van der Waals surface area contributed by atoms with Crippen LogP contribution >= 0.6 is 11.3 Å². The third-order valence-corrected chi connectivity index (χ3v) is 5.62. The fraction of sp³-hybridized carbons (Fsp3) is 0.333. The molecule has 0 aliphatic carbocycles. The van der Waals surface area contributed by atoms with E-state index in [1.807, 2.05) is 31.2 Å². The van der Waals surface area contributed by atoms with E-state index in [1.54, 1.807) is 11.3 Å². The van der Waals surface area contributed by atoms with Crippen molar-refractivity contribution >= 4 is 11.3 Å². The SMILES string of the molecule is CC(C)c1ccc(-c2ccc(F)cc2)s1.CCOc1ccc(C(C)C)cc1. The Kier molecular flexibility index (Phi) is 8.05. The van der Waals surface area contributed by atoms with Crippen molar-refractivity contribution in [1.29, 1.82) is 0 Å². The van der Waals surface area contributed by atoms with Crippen LogP contribution < -0.4 is 4.74 Å². The molecule has 27 heavy (non-hydrogen) atoms. The first-order chi connectivity index (χ1) is 12.9. The Morgan fingerprint density at radius 3 is 1.93 bits per heavy atom. The summed E-state index contributed by atoms with van der Waals surface area (Å²) < 4.78 is 18.1. The molecule has 0 unspecified atom stereocenters. The maximum Gasteiger partial charge on any atom is 0.123 e. The molecule has 3 heteroatoms. The van der Waals surface area contributed by atoms with Gasteiger partial charge in [0, 0.05) is 9.75 Å². The Morgan fingerprint density at radius 1 is 0.815 bits per heavy atom. The summed E-state index contributed by atoms with van der Waals surface area (Å²) in [5.74, 6) is 1.94. The average molecular weight is 385 g/mol. The van der Waals surface area contributed by atoms with Crippen molar-refractivity contribution in [2.24, 2.45) is 0 Å². The van der Waals surface area contributed by atoms with Crippen molar-refractivity contribution < 1.29 is 9.13 Å². The van der Waals surface area contributed by atoms with Crippen LogP contribution in [0.25, 0.3) is 10.4 Å². The lowest BCUT2D eigenvalue weighted by Gasteiger charge is -2.06. The highest BCUT2D eigenvalue weighted by atomic mass is 32.1. The van der Waals surface area contributed by atoms with E-state index >= 15 is 0 Å². The van der Waals surface area contributed by atoms with E-state index in [2.05, 4.69) is 52.0 Å². The van der Waals surface area contributed by atoms with Crippen LogP contribution in [0.5, 0.6) is 5.75 Å². The summed E-state index contributed by atoms with van der Waals surface area (Å²) in [7, 11) is 0. The lowest BCUT2D eigenvalue weighted by molar-refractivity contribution is 0.340.